The van der Waals surface area contributed by atoms with Crippen molar-refractivity contribution < 1.29 is 14.2 Å². The Kier molecular flexibility index (Phi) is 5.86. The van der Waals surface area contributed by atoms with Gasteiger partial charge in [-0.25, -0.2) is 0 Å². The Bertz CT molecular complexity index is 374. The van der Waals surface area contributed by atoms with Crippen LogP contribution in [-0.2, 0) is 9.47 Å². The molecule has 3 nitrogen and oxygen atoms in total. The molecule has 2 rings (SSSR count). The van der Waals surface area contributed by atoms with E-state index in [1.165, 1.54) is 5.56 Å². The van der Waals surface area contributed by atoms with Crippen molar-refractivity contribution in [3.63, 3.8) is 0 Å². The molecule has 3 heteroatoms. The lowest BCUT2D eigenvalue weighted by atomic mass is 9.99. The van der Waals surface area contributed by atoms with Crippen molar-refractivity contribution in [3.8, 4) is 5.75 Å². The number of hydrogen-bond acceptors (Lipinski definition) is 3. The standard InChI is InChI=1S/C17H26O3/c1-4-6-15-12-16(20-17(19-15)7-5-2)13-8-10-14(18-3)11-9-13/h8-11,15-17H,4-7,12H2,1-3H3/t15-,16-,17-/m1/s1. The first-order valence-corrected chi connectivity index (χ1v) is 7.71. The zero-order valence-electron chi connectivity index (χ0n) is 12.8. The van der Waals surface area contributed by atoms with Crippen molar-refractivity contribution in [3.05, 3.63) is 29.8 Å². The first kappa shape index (κ1) is 15.3. The maximum absolute atomic E-state index is 6.10. The molecular formula is C17H26O3. The first-order valence-electron chi connectivity index (χ1n) is 7.71. The molecule has 112 valence electrons. The minimum Gasteiger partial charge on any atom is -0.497 e. The molecular weight excluding hydrogens is 252 g/mol. The monoisotopic (exact) mass is 278 g/mol. The van der Waals surface area contributed by atoms with Crippen LogP contribution in [0.25, 0.3) is 0 Å². The summed E-state index contributed by atoms with van der Waals surface area (Å²) < 4.78 is 17.3. The molecule has 0 aromatic heterocycles. The van der Waals surface area contributed by atoms with Gasteiger partial charge in [-0.3, -0.25) is 0 Å². The maximum atomic E-state index is 6.10. The van der Waals surface area contributed by atoms with Gasteiger partial charge in [-0.2, -0.15) is 0 Å². The predicted octanol–water partition coefficient (Wildman–Crippen LogP) is 4.47. The Morgan fingerprint density at radius 2 is 1.75 bits per heavy atom. The third-order valence-electron chi connectivity index (χ3n) is 3.76. The Hall–Kier alpha value is -1.06. The van der Waals surface area contributed by atoms with E-state index in [2.05, 4.69) is 26.0 Å². The van der Waals surface area contributed by atoms with Crippen molar-refractivity contribution in [1.82, 2.24) is 0 Å². The summed E-state index contributed by atoms with van der Waals surface area (Å²) in [6.07, 6.45) is 5.65. The van der Waals surface area contributed by atoms with E-state index in [0.717, 1.165) is 37.9 Å². The summed E-state index contributed by atoms with van der Waals surface area (Å²) in [5.41, 5.74) is 1.22. The molecule has 1 heterocycles. The van der Waals surface area contributed by atoms with E-state index in [0.29, 0.717) is 6.10 Å². The molecule has 0 N–H and O–H groups in total. The Labute approximate surface area is 122 Å². The lowest BCUT2D eigenvalue weighted by Gasteiger charge is -2.36. The smallest absolute Gasteiger partial charge is 0.158 e. The summed E-state index contributed by atoms with van der Waals surface area (Å²) >= 11 is 0. The molecule has 1 aliphatic rings. The largest absolute Gasteiger partial charge is 0.497 e. The van der Waals surface area contributed by atoms with E-state index in [-0.39, 0.29) is 12.4 Å². The molecule has 1 fully saturated rings. The zero-order chi connectivity index (χ0) is 14.4. The van der Waals surface area contributed by atoms with Crippen molar-refractivity contribution in [2.24, 2.45) is 0 Å². The minimum absolute atomic E-state index is 0.0580. The molecule has 3 atom stereocenters. The summed E-state index contributed by atoms with van der Waals surface area (Å²) in [5, 5.41) is 0. The molecule has 0 amide bonds. The van der Waals surface area contributed by atoms with E-state index in [1.54, 1.807) is 7.11 Å². The number of methoxy groups -OCH3 is 1. The molecule has 0 radical (unpaired) electrons. The average Bonchev–Trinajstić information content (AvgIpc) is 2.48. The Morgan fingerprint density at radius 1 is 1.05 bits per heavy atom. The molecule has 0 spiro atoms. The van der Waals surface area contributed by atoms with Crippen molar-refractivity contribution >= 4 is 0 Å². The fourth-order valence-corrected chi connectivity index (χ4v) is 2.69. The van der Waals surface area contributed by atoms with E-state index in [4.69, 9.17) is 14.2 Å². The Morgan fingerprint density at radius 3 is 2.35 bits per heavy atom. The quantitative estimate of drug-likeness (QED) is 0.768. The topological polar surface area (TPSA) is 27.7 Å². The SMILES string of the molecule is CCC[C@@H]1C[C@H](c2ccc(OC)cc2)O[C@H](CCC)O1. The van der Waals surface area contributed by atoms with Gasteiger partial charge in [0.15, 0.2) is 6.29 Å². The van der Waals surface area contributed by atoms with Crippen LogP contribution in [0.3, 0.4) is 0 Å². The average molecular weight is 278 g/mol. The van der Waals surface area contributed by atoms with Crippen molar-refractivity contribution in [2.45, 2.75) is 64.4 Å². The second-order valence-corrected chi connectivity index (χ2v) is 5.40. The normalized spacial score (nSPS) is 26.4. The number of ether oxygens (including phenoxy) is 3. The van der Waals surface area contributed by atoms with Crippen molar-refractivity contribution in [1.29, 1.82) is 0 Å². The maximum Gasteiger partial charge on any atom is 0.158 e. The van der Waals surface area contributed by atoms with E-state index in [1.807, 2.05) is 12.1 Å². The van der Waals surface area contributed by atoms with Gasteiger partial charge in [-0.15, -0.1) is 0 Å². The van der Waals surface area contributed by atoms with Crippen molar-refractivity contribution in [2.75, 3.05) is 7.11 Å². The van der Waals surface area contributed by atoms with Crippen LogP contribution in [-0.4, -0.2) is 19.5 Å². The second-order valence-electron chi connectivity index (χ2n) is 5.40. The van der Waals surface area contributed by atoms with Crippen LogP contribution in [0.15, 0.2) is 24.3 Å². The molecule has 1 aromatic rings. The lowest BCUT2D eigenvalue weighted by molar-refractivity contribution is -0.248. The third kappa shape index (κ3) is 3.97. The number of benzene rings is 1. The second kappa shape index (κ2) is 7.65. The highest BCUT2D eigenvalue weighted by Crippen LogP contribution is 2.34. The summed E-state index contributed by atoms with van der Waals surface area (Å²) in [5.74, 6) is 0.885. The van der Waals surface area contributed by atoms with Crippen LogP contribution in [0.1, 0.15) is 57.6 Å². The highest BCUT2D eigenvalue weighted by atomic mass is 16.7. The van der Waals surface area contributed by atoms with Gasteiger partial charge in [0.1, 0.15) is 5.75 Å². The van der Waals surface area contributed by atoms with Crippen LogP contribution in [0.2, 0.25) is 0 Å². The molecule has 0 unspecified atom stereocenters. The fraction of sp³-hybridized carbons (Fsp3) is 0.647. The van der Waals surface area contributed by atoms with Gasteiger partial charge in [-0.1, -0.05) is 38.8 Å². The minimum atomic E-state index is -0.0580. The summed E-state index contributed by atoms with van der Waals surface area (Å²) in [4.78, 5) is 0. The van der Waals surface area contributed by atoms with Gasteiger partial charge < -0.3 is 14.2 Å². The first-order chi connectivity index (χ1) is 9.76. The molecule has 1 aromatic carbocycles. The van der Waals surface area contributed by atoms with E-state index >= 15 is 0 Å². The van der Waals surface area contributed by atoms with Crippen LogP contribution in [0.5, 0.6) is 5.75 Å². The molecule has 0 aliphatic carbocycles. The third-order valence-corrected chi connectivity index (χ3v) is 3.76. The van der Waals surface area contributed by atoms with Gasteiger partial charge in [0, 0.05) is 6.42 Å². The van der Waals surface area contributed by atoms with Gasteiger partial charge in [0.25, 0.3) is 0 Å². The van der Waals surface area contributed by atoms with Gasteiger partial charge in [0.2, 0.25) is 0 Å². The molecule has 20 heavy (non-hydrogen) atoms. The van der Waals surface area contributed by atoms with Crippen LogP contribution in [0, 0.1) is 0 Å². The summed E-state index contributed by atoms with van der Waals surface area (Å²) in [7, 11) is 1.69. The van der Waals surface area contributed by atoms with Gasteiger partial charge >= 0.3 is 0 Å². The van der Waals surface area contributed by atoms with E-state index < -0.39 is 0 Å². The number of rotatable bonds is 6. The summed E-state index contributed by atoms with van der Waals surface area (Å²) in [6.45, 7) is 4.37. The number of hydrogen-bond donors (Lipinski definition) is 0. The predicted molar refractivity (Wildman–Crippen MR) is 79.9 cm³/mol. The van der Waals surface area contributed by atoms with Crippen LogP contribution >= 0.6 is 0 Å². The van der Waals surface area contributed by atoms with Crippen LogP contribution < -0.4 is 4.74 Å². The molecule has 0 bridgehead atoms. The molecule has 0 saturated carbocycles. The van der Waals surface area contributed by atoms with Gasteiger partial charge in [-0.05, 0) is 30.5 Å². The highest BCUT2D eigenvalue weighted by molar-refractivity contribution is 5.28. The molecule has 1 aliphatic heterocycles. The lowest BCUT2D eigenvalue weighted by Crippen LogP contribution is -2.34. The zero-order valence-corrected chi connectivity index (χ0v) is 12.8. The van der Waals surface area contributed by atoms with Gasteiger partial charge in [0.05, 0.1) is 19.3 Å². The van der Waals surface area contributed by atoms with Crippen LogP contribution in [0.4, 0.5) is 0 Å². The fourth-order valence-electron chi connectivity index (χ4n) is 2.69. The molecule has 1 saturated heterocycles. The Balaban J connectivity index is 2.07. The summed E-state index contributed by atoms with van der Waals surface area (Å²) in [6, 6.07) is 8.19. The van der Waals surface area contributed by atoms with E-state index in [9.17, 15) is 0 Å². The highest BCUT2D eigenvalue weighted by Gasteiger charge is 2.30.